The molecule has 1 saturated heterocycles. The van der Waals surface area contributed by atoms with E-state index in [1.807, 2.05) is 34.9 Å². The van der Waals surface area contributed by atoms with Crippen LogP contribution < -0.4 is 16.1 Å². The SMILES string of the molecule is Cn1c(=O)[nH]c(=O)c2c1nc(N1CCOCC1)n2Cc1ccccc1. The van der Waals surface area contributed by atoms with Gasteiger partial charge < -0.3 is 9.64 Å². The highest BCUT2D eigenvalue weighted by atomic mass is 16.5. The van der Waals surface area contributed by atoms with E-state index in [2.05, 4.69) is 14.9 Å². The van der Waals surface area contributed by atoms with Crippen molar-refractivity contribution < 1.29 is 4.74 Å². The summed E-state index contributed by atoms with van der Waals surface area (Å²) in [4.78, 5) is 33.5. The zero-order valence-electron chi connectivity index (χ0n) is 13.9. The molecule has 2 aromatic heterocycles. The van der Waals surface area contributed by atoms with E-state index in [9.17, 15) is 9.59 Å². The summed E-state index contributed by atoms with van der Waals surface area (Å²) in [5.74, 6) is 0.689. The Morgan fingerprint density at radius 1 is 1.16 bits per heavy atom. The fraction of sp³-hybridized carbons (Fsp3) is 0.353. The lowest BCUT2D eigenvalue weighted by atomic mass is 10.2. The lowest BCUT2D eigenvalue weighted by Gasteiger charge is -2.28. The van der Waals surface area contributed by atoms with Gasteiger partial charge in [-0.05, 0) is 5.56 Å². The third-order valence-electron chi connectivity index (χ3n) is 4.46. The molecule has 0 atom stereocenters. The molecule has 1 aliphatic heterocycles. The van der Waals surface area contributed by atoms with Gasteiger partial charge in [0.25, 0.3) is 5.56 Å². The quantitative estimate of drug-likeness (QED) is 0.741. The number of imidazole rings is 1. The molecule has 4 rings (SSSR count). The minimum Gasteiger partial charge on any atom is -0.378 e. The molecule has 8 nitrogen and oxygen atoms in total. The van der Waals surface area contributed by atoms with E-state index < -0.39 is 11.2 Å². The smallest absolute Gasteiger partial charge is 0.329 e. The van der Waals surface area contributed by atoms with Gasteiger partial charge in [0.1, 0.15) is 0 Å². The Kier molecular flexibility index (Phi) is 3.89. The molecule has 3 heterocycles. The number of nitrogens with zero attached hydrogens (tertiary/aromatic N) is 4. The maximum atomic E-state index is 12.5. The summed E-state index contributed by atoms with van der Waals surface area (Å²) in [5, 5.41) is 0. The van der Waals surface area contributed by atoms with E-state index >= 15 is 0 Å². The van der Waals surface area contributed by atoms with Crippen LogP contribution in [0.3, 0.4) is 0 Å². The molecule has 0 saturated carbocycles. The third kappa shape index (κ3) is 2.74. The number of H-pyrrole nitrogens is 1. The first-order valence-electron chi connectivity index (χ1n) is 8.21. The van der Waals surface area contributed by atoms with Gasteiger partial charge in [-0.15, -0.1) is 0 Å². The van der Waals surface area contributed by atoms with E-state index in [1.54, 1.807) is 7.05 Å². The van der Waals surface area contributed by atoms with Gasteiger partial charge in [0.05, 0.1) is 19.8 Å². The normalized spacial score (nSPS) is 15.0. The van der Waals surface area contributed by atoms with Crippen molar-refractivity contribution in [2.75, 3.05) is 31.2 Å². The summed E-state index contributed by atoms with van der Waals surface area (Å²) in [7, 11) is 1.61. The number of benzene rings is 1. The van der Waals surface area contributed by atoms with Gasteiger partial charge in [0.15, 0.2) is 11.2 Å². The van der Waals surface area contributed by atoms with Crippen LogP contribution in [0.25, 0.3) is 11.2 Å². The highest BCUT2D eigenvalue weighted by Gasteiger charge is 2.23. The maximum absolute atomic E-state index is 12.5. The molecule has 25 heavy (non-hydrogen) atoms. The first-order valence-corrected chi connectivity index (χ1v) is 8.21. The van der Waals surface area contributed by atoms with Crippen LogP contribution in [0, 0.1) is 0 Å². The number of aryl methyl sites for hydroxylation is 1. The van der Waals surface area contributed by atoms with Crippen molar-refractivity contribution in [1.29, 1.82) is 0 Å². The Bertz CT molecular complexity index is 1010. The number of ether oxygens (including phenoxy) is 1. The van der Waals surface area contributed by atoms with Crippen molar-refractivity contribution >= 4 is 17.1 Å². The largest absolute Gasteiger partial charge is 0.378 e. The van der Waals surface area contributed by atoms with Gasteiger partial charge in [-0.25, -0.2) is 4.79 Å². The van der Waals surface area contributed by atoms with E-state index in [0.717, 1.165) is 5.56 Å². The third-order valence-corrected chi connectivity index (χ3v) is 4.46. The van der Waals surface area contributed by atoms with Crippen molar-refractivity contribution in [1.82, 2.24) is 19.1 Å². The predicted octanol–water partition coefficient (Wildman–Crippen LogP) is 0.308. The second kappa shape index (κ2) is 6.21. The zero-order chi connectivity index (χ0) is 17.4. The van der Waals surface area contributed by atoms with Gasteiger partial charge in [-0.1, -0.05) is 30.3 Å². The molecule has 3 aromatic rings. The standard InChI is InChI=1S/C17H19N5O3/c1-20-14-13(15(23)19-17(20)24)22(11-12-5-3-2-4-6-12)16(18-14)21-7-9-25-10-8-21/h2-6H,7-11H2,1H3,(H,19,23,24). The number of fused-ring (bicyclic) bond motifs is 1. The molecular formula is C17H19N5O3. The lowest BCUT2D eigenvalue weighted by Crippen LogP contribution is -2.38. The molecule has 130 valence electrons. The van der Waals surface area contributed by atoms with Crippen LogP contribution in [0.1, 0.15) is 5.56 Å². The Morgan fingerprint density at radius 3 is 2.60 bits per heavy atom. The van der Waals surface area contributed by atoms with Crippen LogP contribution >= 0.6 is 0 Å². The van der Waals surface area contributed by atoms with Crippen molar-refractivity contribution in [3.63, 3.8) is 0 Å². The molecule has 1 aliphatic rings. The van der Waals surface area contributed by atoms with Gasteiger partial charge in [0.2, 0.25) is 5.95 Å². The Hall–Kier alpha value is -2.87. The highest BCUT2D eigenvalue weighted by Crippen LogP contribution is 2.22. The Morgan fingerprint density at radius 2 is 1.88 bits per heavy atom. The molecule has 0 spiro atoms. The number of nitrogens with one attached hydrogen (secondary N) is 1. The Balaban J connectivity index is 1.94. The summed E-state index contributed by atoms with van der Waals surface area (Å²) in [6.45, 7) is 3.13. The number of aromatic nitrogens is 4. The fourth-order valence-electron chi connectivity index (χ4n) is 3.14. The molecule has 0 aliphatic carbocycles. The minimum absolute atomic E-state index is 0.395. The average Bonchev–Trinajstić information content (AvgIpc) is 3.01. The van der Waals surface area contributed by atoms with Gasteiger partial charge in [-0.3, -0.25) is 18.9 Å². The molecule has 0 bridgehead atoms. The van der Waals surface area contributed by atoms with Crippen LogP contribution in [0.4, 0.5) is 5.95 Å². The fourth-order valence-corrected chi connectivity index (χ4v) is 3.14. The lowest BCUT2D eigenvalue weighted by molar-refractivity contribution is 0.121. The maximum Gasteiger partial charge on any atom is 0.329 e. The van der Waals surface area contributed by atoms with Gasteiger partial charge in [-0.2, -0.15) is 4.98 Å². The molecule has 1 aromatic carbocycles. The van der Waals surface area contributed by atoms with Crippen LogP contribution in [0.2, 0.25) is 0 Å². The second-order valence-corrected chi connectivity index (χ2v) is 6.07. The topological polar surface area (TPSA) is 85.2 Å². The predicted molar refractivity (Wildman–Crippen MR) is 94.2 cm³/mol. The summed E-state index contributed by atoms with van der Waals surface area (Å²) >= 11 is 0. The van der Waals surface area contributed by atoms with Crippen molar-refractivity contribution in [2.45, 2.75) is 6.54 Å². The summed E-state index contributed by atoms with van der Waals surface area (Å²) in [6.07, 6.45) is 0. The average molecular weight is 341 g/mol. The summed E-state index contributed by atoms with van der Waals surface area (Å²) in [5.41, 5.74) is 0.986. The Labute approximate surface area is 143 Å². The molecule has 0 unspecified atom stereocenters. The number of anilines is 1. The minimum atomic E-state index is -0.463. The van der Waals surface area contributed by atoms with Crippen LogP contribution in [0.5, 0.6) is 0 Å². The molecule has 1 N–H and O–H groups in total. The van der Waals surface area contributed by atoms with Gasteiger partial charge >= 0.3 is 5.69 Å². The molecular weight excluding hydrogens is 322 g/mol. The second-order valence-electron chi connectivity index (χ2n) is 6.07. The highest BCUT2D eigenvalue weighted by molar-refractivity contribution is 5.74. The number of rotatable bonds is 3. The number of hydrogen-bond acceptors (Lipinski definition) is 5. The summed E-state index contributed by atoms with van der Waals surface area (Å²) < 4.78 is 8.68. The monoisotopic (exact) mass is 341 g/mol. The van der Waals surface area contributed by atoms with E-state index in [4.69, 9.17) is 4.74 Å². The first-order chi connectivity index (χ1) is 12.1. The van der Waals surface area contributed by atoms with E-state index in [0.29, 0.717) is 50.0 Å². The number of aromatic amines is 1. The number of hydrogen-bond donors (Lipinski definition) is 1. The van der Waals surface area contributed by atoms with Crippen molar-refractivity contribution in [3.8, 4) is 0 Å². The molecule has 1 fully saturated rings. The van der Waals surface area contributed by atoms with Gasteiger partial charge in [0, 0.05) is 20.1 Å². The van der Waals surface area contributed by atoms with Crippen LogP contribution in [0.15, 0.2) is 39.9 Å². The number of morpholine rings is 1. The summed E-state index contributed by atoms with van der Waals surface area (Å²) in [6, 6.07) is 9.89. The first kappa shape index (κ1) is 15.6. The van der Waals surface area contributed by atoms with Crippen molar-refractivity contribution in [3.05, 3.63) is 56.7 Å². The van der Waals surface area contributed by atoms with Crippen LogP contribution in [-0.2, 0) is 18.3 Å². The molecule has 0 amide bonds. The zero-order valence-corrected chi connectivity index (χ0v) is 13.9. The van der Waals surface area contributed by atoms with E-state index in [1.165, 1.54) is 4.57 Å². The van der Waals surface area contributed by atoms with E-state index in [-0.39, 0.29) is 0 Å². The molecule has 8 heteroatoms. The van der Waals surface area contributed by atoms with Crippen molar-refractivity contribution in [2.24, 2.45) is 7.05 Å². The van der Waals surface area contributed by atoms with Crippen LogP contribution in [-0.4, -0.2) is 45.4 Å². The molecule has 0 radical (unpaired) electrons.